The van der Waals surface area contributed by atoms with Gasteiger partial charge in [-0.1, -0.05) is 65.7 Å². The van der Waals surface area contributed by atoms with Gasteiger partial charge in [-0.3, -0.25) is 4.79 Å². The molecule has 0 atom stereocenters. The molecule has 4 rings (SSSR count). The Labute approximate surface area is 209 Å². The Morgan fingerprint density at radius 2 is 1.80 bits per heavy atom. The van der Waals surface area contributed by atoms with Crippen LogP contribution in [0.3, 0.4) is 0 Å². The van der Waals surface area contributed by atoms with Gasteiger partial charge in [0.2, 0.25) is 0 Å². The summed E-state index contributed by atoms with van der Waals surface area (Å²) in [7, 11) is 0. The fourth-order valence-corrected chi connectivity index (χ4v) is 3.76. The third kappa shape index (κ3) is 6.38. The number of nitrogens with one attached hydrogen (secondary N) is 2. The summed E-state index contributed by atoms with van der Waals surface area (Å²) in [6, 6.07) is 24.4. The Kier molecular flexibility index (Phi) is 7.98. The number of phenols is 1. The first-order chi connectivity index (χ1) is 17.0. The number of rotatable bonds is 9. The van der Waals surface area contributed by atoms with E-state index in [9.17, 15) is 9.90 Å². The highest BCUT2D eigenvalue weighted by Gasteiger charge is 2.08. The zero-order valence-electron chi connectivity index (χ0n) is 19.3. The Bertz CT molecular complexity index is 1350. The number of hydrazone groups is 1. The molecule has 0 bridgehead atoms. The maximum Gasteiger partial charge on any atom is 0.271 e. The van der Waals surface area contributed by atoms with Crippen molar-refractivity contribution in [2.45, 2.75) is 13.5 Å². The number of hydrogen-bond acceptors (Lipinski definition) is 5. The molecule has 0 aromatic heterocycles. The number of phenolic OH excluding ortho intramolecular Hbond substituents is 1. The summed E-state index contributed by atoms with van der Waals surface area (Å²) in [4.78, 5) is 12.3. The number of halogens is 1. The van der Waals surface area contributed by atoms with E-state index in [-0.39, 0.29) is 10.8 Å². The molecule has 178 valence electrons. The SMILES string of the molecule is Cc1ccc(CNCCOc2ccc(/C=N\NC(=O)c3ccc(O)c(Cl)c3)c3ccccc23)cc1. The molecule has 4 aromatic carbocycles. The van der Waals surface area contributed by atoms with Crippen molar-refractivity contribution >= 4 is 34.5 Å². The van der Waals surface area contributed by atoms with E-state index in [1.165, 1.54) is 29.3 Å². The minimum atomic E-state index is -0.425. The average Bonchev–Trinajstić information content (AvgIpc) is 2.87. The number of hydrogen-bond donors (Lipinski definition) is 3. The van der Waals surface area contributed by atoms with E-state index >= 15 is 0 Å². The monoisotopic (exact) mass is 487 g/mol. The molecule has 0 spiro atoms. The van der Waals surface area contributed by atoms with Gasteiger partial charge in [0.25, 0.3) is 5.91 Å². The second-order valence-corrected chi connectivity index (χ2v) is 8.48. The number of carbonyl (C=O) groups excluding carboxylic acids is 1. The van der Waals surface area contributed by atoms with Crippen LogP contribution in [0.2, 0.25) is 5.02 Å². The molecule has 0 heterocycles. The zero-order valence-corrected chi connectivity index (χ0v) is 20.0. The lowest BCUT2D eigenvalue weighted by atomic mass is 10.0. The number of benzene rings is 4. The number of amides is 1. The third-order valence-corrected chi connectivity index (χ3v) is 5.79. The van der Waals surface area contributed by atoms with Gasteiger partial charge in [-0.15, -0.1) is 0 Å². The normalized spacial score (nSPS) is 11.1. The van der Waals surface area contributed by atoms with Crippen LogP contribution >= 0.6 is 11.6 Å². The van der Waals surface area contributed by atoms with Crippen LogP contribution in [0.1, 0.15) is 27.0 Å². The Balaban J connectivity index is 1.36. The van der Waals surface area contributed by atoms with Gasteiger partial charge in [0, 0.05) is 29.6 Å². The summed E-state index contributed by atoms with van der Waals surface area (Å²) in [6.07, 6.45) is 1.59. The highest BCUT2D eigenvalue weighted by atomic mass is 35.5. The van der Waals surface area contributed by atoms with Crippen LogP contribution in [0, 0.1) is 6.92 Å². The van der Waals surface area contributed by atoms with Crippen molar-refractivity contribution < 1.29 is 14.6 Å². The fraction of sp³-hybridized carbons (Fsp3) is 0.143. The lowest BCUT2D eigenvalue weighted by molar-refractivity contribution is 0.0955. The lowest BCUT2D eigenvalue weighted by Gasteiger charge is -2.12. The predicted octanol–water partition coefficient (Wildman–Crippen LogP) is 5.44. The summed E-state index contributed by atoms with van der Waals surface area (Å²) in [5.74, 6) is 0.283. The predicted molar refractivity (Wildman–Crippen MR) is 141 cm³/mol. The van der Waals surface area contributed by atoms with Crippen molar-refractivity contribution in [2.75, 3.05) is 13.2 Å². The van der Waals surface area contributed by atoms with Crippen molar-refractivity contribution in [2.24, 2.45) is 5.10 Å². The number of fused-ring (bicyclic) bond motifs is 1. The first-order valence-corrected chi connectivity index (χ1v) is 11.6. The van der Waals surface area contributed by atoms with Crippen LogP contribution in [0.25, 0.3) is 10.8 Å². The third-order valence-electron chi connectivity index (χ3n) is 5.48. The molecule has 0 unspecified atom stereocenters. The molecule has 3 N–H and O–H groups in total. The number of aromatic hydroxyl groups is 1. The van der Waals surface area contributed by atoms with Gasteiger partial charge >= 0.3 is 0 Å². The van der Waals surface area contributed by atoms with Crippen LogP contribution in [0.5, 0.6) is 11.5 Å². The fourth-order valence-electron chi connectivity index (χ4n) is 3.58. The average molecular weight is 488 g/mol. The summed E-state index contributed by atoms with van der Waals surface area (Å²) in [6.45, 7) is 4.13. The summed E-state index contributed by atoms with van der Waals surface area (Å²) in [5, 5.41) is 19.0. The molecule has 0 saturated heterocycles. The van der Waals surface area contributed by atoms with Gasteiger partial charge in [-0.05, 0) is 48.2 Å². The van der Waals surface area contributed by atoms with E-state index in [4.69, 9.17) is 16.3 Å². The summed E-state index contributed by atoms with van der Waals surface area (Å²) < 4.78 is 6.04. The van der Waals surface area contributed by atoms with E-state index in [1.54, 1.807) is 6.21 Å². The number of carbonyl (C=O) groups is 1. The molecule has 6 nitrogen and oxygen atoms in total. The molecule has 0 aliphatic heterocycles. The Hall–Kier alpha value is -3.87. The first kappa shape index (κ1) is 24.3. The van der Waals surface area contributed by atoms with Gasteiger partial charge in [0.05, 0.1) is 11.2 Å². The molecule has 1 amide bonds. The van der Waals surface area contributed by atoms with Gasteiger partial charge in [-0.2, -0.15) is 5.10 Å². The van der Waals surface area contributed by atoms with Crippen LogP contribution in [-0.2, 0) is 6.54 Å². The number of ether oxygens (including phenoxy) is 1. The quantitative estimate of drug-likeness (QED) is 0.167. The van der Waals surface area contributed by atoms with Gasteiger partial charge in [-0.25, -0.2) is 5.43 Å². The highest BCUT2D eigenvalue weighted by Crippen LogP contribution is 2.28. The minimum Gasteiger partial charge on any atom is -0.506 e. The van der Waals surface area contributed by atoms with Crippen molar-refractivity contribution in [1.29, 1.82) is 0 Å². The van der Waals surface area contributed by atoms with Crippen molar-refractivity contribution in [3.63, 3.8) is 0 Å². The number of aryl methyl sites for hydroxylation is 1. The van der Waals surface area contributed by atoms with E-state index < -0.39 is 5.91 Å². The summed E-state index contributed by atoms with van der Waals surface area (Å²) >= 11 is 5.87. The molecule has 0 fully saturated rings. The minimum absolute atomic E-state index is 0.0810. The molecule has 0 aliphatic rings. The van der Waals surface area contributed by atoms with E-state index in [2.05, 4.69) is 47.0 Å². The van der Waals surface area contributed by atoms with Crippen molar-refractivity contribution in [3.05, 3.63) is 106 Å². The van der Waals surface area contributed by atoms with Crippen LogP contribution < -0.4 is 15.5 Å². The van der Waals surface area contributed by atoms with Gasteiger partial charge < -0.3 is 15.2 Å². The molecule has 35 heavy (non-hydrogen) atoms. The van der Waals surface area contributed by atoms with Gasteiger partial charge in [0.15, 0.2) is 0 Å². The van der Waals surface area contributed by atoms with E-state index in [0.717, 1.165) is 35.2 Å². The summed E-state index contributed by atoms with van der Waals surface area (Å²) in [5.41, 5.74) is 6.12. The topological polar surface area (TPSA) is 83.0 Å². The van der Waals surface area contributed by atoms with Gasteiger partial charge in [0.1, 0.15) is 18.1 Å². The largest absolute Gasteiger partial charge is 0.506 e. The molecular formula is C28H26ClN3O3. The Morgan fingerprint density at radius 1 is 1.03 bits per heavy atom. The van der Waals surface area contributed by atoms with Crippen LogP contribution in [0.15, 0.2) is 84.0 Å². The second-order valence-electron chi connectivity index (χ2n) is 8.07. The van der Waals surface area contributed by atoms with Crippen molar-refractivity contribution in [1.82, 2.24) is 10.7 Å². The number of nitrogens with zero attached hydrogens (tertiary/aromatic N) is 1. The lowest BCUT2D eigenvalue weighted by Crippen LogP contribution is -2.20. The molecule has 0 radical (unpaired) electrons. The molecule has 7 heteroatoms. The second kappa shape index (κ2) is 11.5. The molecular weight excluding hydrogens is 462 g/mol. The van der Waals surface area contributed by atoms with Crippen LogP contribution in [0.4, 0.5) is 0 Å². The first-order valence-electron chi connectivity index (χ1n) is 11.2. The molecule has 0 aliphatic carbocycles. The van der Waals surface area contributed by atoms with Crippen molar-refractivity contribution in [3.8, 4) is 11.5 Å². The Morgan fingerprint density at radius 3 is 2.57 bits per heavy atom. The van der Waals surface area contributed by atoms with E-state index in [1.807, 2.05) is 36.4 Å². The van der Waals surface area contributed by atoms with E-state index in [0.29, 0.717) is 12.2 Å². The van der Waals surface area contributed by atoms with Crippen LogP contribution in [-0.4, -0.2) is 30.4 Å². The highest BCUT2D eigenvalue weighted by molar-refractivity contribution is 6.32. The molecule has 4 aromatic rings. The molecule has 0 saturated carbocycles. The maximum atomic E-state index is 12.3. The standard InChI is InChI=1S/C28H26ClN3O3/c1-19-6-8-20(9-7-19)17-30-14-15-35-27-13-11-22(23-4-2-3-5-24(23)27)18-31-32-28(34)21-10-12-26(33)25(29)16-21/h2-13,16,18,30,33H,14-15,17H2,1H3,(H,32,34)/b31-18-. The maximum absolute atomic E-state index is 12.3. The zero-order chi connectivity index (χ0) is 24.6. The smallest absolute Gasteiger partial charge is 0.271 e.